The van der Waals surface area contributed by atoms with E-state index in [1.807, 2.05) is 22.9 Å². The highest BCUT2D eigenvalue weighted by molar-refractivity contribution is 7.17. The van der Waals surface area contributed by atoms with Gasteiger partial charge in [-0.05, 0) is 30.5 Å². The van der Waals surface area contributed by atoms with Crippen molar-refractivity contribution < 1.29 is 4.79 Å². The molecule has 0 N–H and O–H groups in total. The molecule has 0 bridgehead atoms. The normalized spacial score (nSPS) is 12.2. The first kappa shape index (κ1) is 14.8. The van der Waals surface area contributed by atoms with E-state index in [4.69, 9.17) is 23.2 Å². The predicted molar refractivity (Wildman–Crippen MR) is 89.7 cm³/mol. The van der Waals surface area contributed by atoms with Crippen molar-refractivity contribution in [3.8, 4) is 0 Å². The highest BCUT2D eigenvalue weighted by atomic mass is 35.5. The zero-order valence-electron chi connectivity index (χ0n) is 11.0. The molecule has 1 amide bonds. The first-order chi connectivity index (χ1) is 10.1. The smallest absolute Gasteiger partial charge is 0.289 e. The number of fused-ring (bicyclic) bond motifs is 1. The maximum atomic E-state index is 12.2. The van der Waals surface area contributed by atoms with Gasteiger partial charge < -0.3 is 4.57 Å². The van der Waals surface area contributed by atoms with Crippen LogP contribution in [0.3, 0.4) is 0 Å². The summed E-state index contributed by atoms with van der Waals surface area (Å²) in [6, 6.07) is 7.11. The standard InChI is InChI=1S/C14H10Cl2N2OS2/c1-2-18-11-8(15)5-6-9(16)12(11)21-14(18)17-13(19)10-4-3-7-20-10/h3-7H,2H2,1H3. The summed E-state index contributed by atoms with van der Waals surface area (Å²) in [5.41, 5.74) is 0.828. The van der Waals surface area contributed by atoms with Crippen LogP contribution in [0.1, 0.15) is 16.6 Å². The van der Waals surface area contributed by atoms with E-state index in [0.29, 0.717) is 26.3 Å². The number of thiophene rings is 1. The molecule has 0 aliphatic rings. The van der Waals surface area contributed by atoms with E-state index in [9.17, 15) is 4.79 Å². The average Bonchev–Trinajstić information content (AvgIpc) is 3.10. The fraction of sp³-hybridized carbons (Fsp3) is 0.143. The number of thiazole rings is 1. The van der Waals surface area contributed by atoms with Crippen LogP contribution in [0.15, 0.2) is 34.6 Å². The van der Waals surface area contributed by atoms with E-state index in [-0.39, 0.29) is 5.91 Å². The average molecular weight is 357 g/mol. The third kappa shape index (κ3) is 2.66. The lowest BCUT2D eigenvalue weighted by Gasteiger charge is -2.02. The zero-order valence-corrected chi connectivity index (χ0v) is 14.1. The van der Waals surface area contributed by atoms with Gasteiger partial charge in [-0.2, -0.15) is 4.99 Å². The molecule has 0 fully saturated rings. The van der Waals surface area contributed by atoms with Crippen molar-refractivity contribution >= 4 is 62.0 Å². The maximum absolute atomic E-state index is 12.2. The summed E-state index contributed by atoms with van der Waals surface area (Å²) in [5.74, 6) is -0.244. The Kier molecular flexibility index (Phi) is 4.17. The third-order valence-electron chi connectivity index (χ3n) is 2.97. The quantitative estimate of drug-likeness (QED) is 0.647. The number of hydrogen-bond acceptors (Lipinski definition) is 3. The molecule has 108 valence electrons. The van der Waals surface area contributed by atoms with Gasteiger partial charge in [-0.3, -0.25) is 4.79 Å². The topological polar surface area (TPSA) is 34.4 Å². The molecule has 2 aromatic heterocycles. The first-order valence-electron chi connectivity index (χ1n) is 6.21. The van der Waals surface area contributed by atoms with Gasteiger partial charge in [0.15, 0.2) is 4.80 Å². The monoisotopic (exact) mass is 356 g/mol. The lowest BCUT2D eigenvalue weighted by molar-refractivity contribution is 0.100. The lowest BCUT2D eigenvalue weighted by Crippen LogP contribution is -2.15. The van der Waals surface area contributed by atoms with E-state index in [1.54, 1.807) is 18.2 Å². The molecule has 1 aromatic carbocycles. The molecule has 3 rings (SSSR count). The Bertz CT molecular complexity index is 878. The van der Waals surface area contributed by atoms with Crippen LogP contribution in [0.5, 0.6) is 0 Å². The molecule has 0 spiro atoms. The molecular formula is C14H10Cl2N2OS2. The van der Waals surface area contributed by atoms with Gasteiger partial charge in [0.2, 0.25) is 0 Å². The molecule has 2 heterocycles. The van der Waals surface area contributed by atoms with Crippen molar-refractivity contribution in [3.63, 3.8) is 0 Å². The van der Waals surface area contributed by atoms with Crippen LogP contribution in [0.25, 0.3) is 10.2 Å². The van der Waals surface area contributed by atoms with Gasteiger partial charge in [0.05, 0.1) is 25.1 Å². The highest BCUT2D eigenvalue weighted by Gasteiger charge is 2.13. The van der Waals surface area contributed by atoms with Crippen LogP contribution in [0, 0.1) is 0 Å². The summed E-state index contributed by atoms with van der Waals surface area (Å²) in [5, 5.41) is 3.08. The highest BCUT2D eigenvalue weighted by Crippen LogP contribution is 2.31. The van der Waals surface area contributed by atoms with Crippen molar-refractivity contribution in [2.24, 2.45) is 4.99 Å². The Morgan fingerprint density at radius 3 is 2.71 bits per heavy atom. The molecule has 3 aromatic rings. The lowest BCUT2D eigenvalue weighted by atomic mass is 10.3. The van der Waals surface area contributed by atoms with Crippen molar-refractivity contribution in [1.29, 1.82) is 0 Å². The van der Waals surface area contributed by atoms with Crippen LogP contribution < -0.4 is 4.80 Å². The largest absolute Gasteiger partial charge is 0.315 e. The summed E-state index contributed by atoms with van der Waals surface area (Å²) in [7, 11) is 0. The number of carbonyl (C=O) groups excluding carboxylic acids is 1. The van der Waals surface area contributed by atoms with E-state index in [0.717, 1.165) is 10.2 Å². The van der Waals surface area contributed by atoms with Crippen LogP contribution in [0.2, 0.25) is 10.0 Å². The fourth-order valence-corrected chi connectivity index (χ4v) is 4.35. The minimum atomic E-state index is -0.244. The predicted octanol–water partition coefficient (Wildman–Crippen LogP) is 4.83. The van der Waals surface area contributed by atoms with Gasteiger partial charge in [-0.25, -0.2) is 0 Å². The van der Waals surface area contributed by atoms with Crippen molar-refractivity contribution in [3.05, 3.63) is 49.4 Å². The van der Waals surface area contributed by atoms with E-state index in [1.165, 1.54) is 22.7 Å². The minimum absolute atomic E-state index is 0.244. The van der Waals surface area contributed by atoms with Crippen LogP contribution in [-0.4, -0.2) is 10.5 Å². The SMILES string of the molecule is CCn1c(=NC(=O)c2cccs2)sc2c(Cl)ccc(Cl)c21. The molecule has 0 saturated heterocycles. The number of aromatic nitrogens is 1. The van der Waals surface area contributed by atoms with Gasteiger partial charge in [-0.15, -0.1) is 11.3 Å². The molecule has 7 heteroatoms. The van der Waals surface area contributed by atoms with Crippen LogP contribution >= 0.6 is 45.9 Å². The maximum Gasteiger partial charge on any atom is 0.289 e. The van der Waals surface area contributed by atoms with Crippen molar-refractivity contribution in [1.82, 2.24) is 4.57 Å². The first-order valence-corrected chi connectivity index (χ1v) is 8.67. The van der Waals surface area contributed by atoms with Gasteiger partial charge >= 0.3 is 0 Å². The van der Waals surface area contributed by atoms with Gasteiger partial charge in [0.25, 0.3) is 5.91 Å². The van der Waals surface area contributed by atoms with Gasteiger partial charge in [-0.1, -0.05) is 40.6 Å². The molecule has 21 heavy (non-hydrogen) atoms. The second-order valence-corrected chi connectivity index (χ2v) is 6.97. The molecular weight excluding hydrogens is 347 g/mol. The fourth-order valence-electron chi connectivity index (χ4n) is 2.03. The number of rotatable bonds is 2. The number of hydrogen-bond donors (Lipinski definition) is 0. The van der Waals surface area contributed by atoms with E-state index >= 15 is 0 Å². The Labute approximate surface area is 139 Å². The Balaban J connectivity index is 2.26. The number of nitrogens with zero attached hydrogens (tertiary/aromatic N) is 2. The number of halogens is 2. The molecule has 0 aliphatic heterocycles. The summed E-state index contributed by atoms with van der Waals surface area (Å²) < 4.78 is 2.77. The number of carbonyl (C=O) groups is 1. The van der Waals surface area contributed by atoms with Crippen LogP contribution in [-0.2, 0) is 6.54 Å². The van der Waals surface area contributed by atoms with E-state index < -0.39 is 0 Å². The molecule has 3 nitrogen and oxygen atoms in total. The molecule has 0 radical (unpaired) electrons. The Hall–Kier alpha value is -1.14. The summed E-state index contributed by atoms with van der Waals surface area (Å²) in [6.45, 7) is 2.65. The Morgan fingerprint density at radius 1 is 1.29 bits per heavy atom. The summed E-state index contributed by atoms with van der Waals surface area (Å²) in [6.07, 6.45) is 0. The molecule has 0 unspecified atom stereocenters. The van der Waals surface area contributed by atoms with Gasteiger partial charge in [0.1, 0.15) is 0 Å². The van der Waals surface area contributed by atoms with Gasteiger partial charge in [0, 0.05) is 6.54 Å². The number of aryl methyl sites for hydroxylation is 1. The second-order valence-electron chi connectivity index (χ2n) is 4.23. The molecule has 0 aliphatic carbocycles. The van der Waals surface area contributed by atoms with Crippen LogP contribution in [0.4, 0.5) is 0 Å². The van der Waals surface area contributed by atoms with Crippen molar-refractivity contribution in [2.75, 3.05) is 0 Å². The number of amides is 1. The van der Waals surface area contributed by atoms with Crippen molar-refractivity contribution in [2.45, 2.75) is 13.5 Å². The summed E-state index contributed by atoms with van der Waals surface area (Å²) >= 11 is 15.2. The second kappa shape index (κ2) is 5.93. The minimum Gasteiger partial charge on any atom is -0.315 e. The zero-order chi connectivity index (χ0) is 15.0. The Morgan fingerprint density at radius 2 is 2.05 bits per heavy atom. The molecule has 0 saturated carbocycles. The molecule has 0 atom stereocenters. The number of benzene rings is 1. The van der Waals surface area contributed by atoms with E-state index in [2.05, 4.69) is 4.99 Å². The summed E-state index contributed by atoms with van der Waals surface area (Å²) in [4.78, 5) is 17.6. The third-order valence-corrected chi connectivity index (χ3v) is 5.68.